The molecule has 1 rings (SSSR count). The third kappa shape index (κ3) is 3.83. The molecule has 1 aromatic rings. The molecule has 2 atom stereocenters. The number of halogens is 2. The van der Waals surface area contributed by atoms with Gasteiger partial charge in [0.15, 0.2) is 4.84 Å². The van der Waals surface area contributed by atoms with E-state index >= 15 is 0 Å². The largest absolute Gasteiger partial charge is 0.394 e. The lowest BCUT2D eigenvalue weighted by Gasteiger charge is -2.22. The minimum atomic E-state index is -1.35. The van der Waals surface area contributed by atoms with Crippen LogP contribution in [0.3, 0.4) is 0 Å². The first-order valence-electron chi connectivity index (χ1n) is 5.46. The standard InChI is InChI=1S/C10H13Cl2N3O5/c1-14-3-5(15(19)20)2-7(14)8(17)6(4-16)13-10(18)9(11)12/h2-3,6,8-9,16-17H,4H2,1H3,(H,13,18)/t6-,8+/m0/s1. The zero-order valence-electron chi connectivity index (χ0n) is 10.4. The van der Waals surface area contributed by atoms with Crippen LogP contribution in [0.4, 0.5) is 5.69 Å². The van der Waals surface area contributed by atoms with E-state index in [0.717, 1.165) is 6.07 Å². The fourth-order valence-corrected chi connectivity index (χ4v) is 1.76. The average Bonchev–Trinajstić information content (AvgIpc) is 2.77. The van der Waals surface area contributed by atoms with Crippen molar-refractivity contribution in [2.75, 3.05) is 6.61 Å². The Morgan fingerprint density at radius 2 is 2.20 bits per heavy atom. The molecule has 0 aromatic carbocycles. The van der Waals surface area contributed by atoms with Gasteiger partial charge in [-0.05, 0) is 0 Å². The van der Waals surface area contributed by atoms with E-state index in [0.29, 0.717) is 0 Å². The second-order valence-corrected chi connectivity index (χ2v) is 5.13. The quantitative estimate of drug-likeness (QED) is 0.393. The summed E-state index contributed by atoms with van der Waals surface area (Å²) in [6.45, 7) is -0.591. The highest BCUT2D eigenvalue weighted by Crippen LogP contribution is 2.23. The van der Waals surface area contributed by atoms with Crippen molar-refractivity contribution in [1.82, 2.24) is 9.88 Å². The van der Waals surface area contributed by atoms with Gasteiger partial charge in [-0.2, -0.15) is 0 Å². The summed E-state index contributed by atoms with van der Waals surface area (Å²) >= 11 is 10.7. The molecular weight excluding hydrogens is 313 g/mol. The van der Waals surface area contributed by atoms with Crippen molar-refractivity contribution in [2.45, 2.75) is 17.0 Å². The van der Waals surface area contributed by atoms with Crippen molar-refractivity contribution < 1.29 is 19.9 Å². The Balaban J connectivity index is 2.93. The van der Waals surface area contributed by atoms with Gasteiger partial charge in [0.25, 0.3) is 11.6 Å². The molecule has 0 aliphatic rings. The molecule has 0 saturated heterocycles. The van der Waals surface area contributed by atoms with Crippen molar-refractivity contribution in [3.05, 3.63) is 28.1 Å². The van der Waals surface area contributed by atoms with Crippen LogP contribution in [0.2, 0.25) is 0 Å². The lowest BCUT2D eigenvalue weighted by atomic mass is 10.1. The summed E-state index contributed by atoms with van der Waals surface area (Å²) in [4.78, 5) is 20.0. The molecule has 0 unspecified atom stereocenters. The van der Waals surface area contributed by atoms with E-state index in [9.17, 15) is 25.1 Å². The molecule has 3 N–H and O–H groups in total. The third-order valence-electron chi connectivity index (χ3n) is 2.65. The van der Waals surface area contributed by atoms with Crippen LogP contribution in [0, 0.1) is 10.1 Å². The fourth-order valence-electron chi connectivity index (χ4n) is 1.63. The summed E-state index contributed by atoms with van der Waals surface area (Å²) in [6, 6.07) is 0.0638. The highest BCUT2D eigenvalue weighted by molar-refractivity contribution is 6.53. The van der Waals surface area contributed by atoms with Gasteiger partial charge in [0.2, 0.25) is 0 Å². The number of aliphatic hydroxyl groups excluding tert-OH is 2. The summed E-state index contributed by atoms with van der Waals surface area (Å²) in [5, 5.41) is 32.2. The van der Waals surface area contributed by atoms with Crippen molar-refractivity contribution in [1.29, 1.82) is 0 Å². The van der Waals surface area contributed by atoms with Gasteiger partial charge < -0.3 is 20.1 Å². The molecule has 112 valence electrons. The van der Waals surface area contributed by atoms with E-state index in [1.54, 1.807) is 0 Å². The van der Waals surface area contributed by atoms with Crippen LogP contribution >= 0.6 is 23.2 Å². The number of aliphatic hydroxyl groups is 2. The van der Waals surface area contributed by atoms with Crippen LogP contribution in [0.5, 0.6) is 0 Å². The normalized spacial score (nSPS) is 14.1. The van der Waals surface area contributed by atoms with Gasteiger partial charge in [0.1, 0.15) is 6.10 Å². The number of nitro groups is 1. The predicted molar refractivity (Wildman–Crippen MR) is 71.5 cm³/mol. The van der Waals surface area contributed by atoms with Gasteiger partial charge in [0.05, 0.1) is 29.5 Å². The Hall–Kier alpha value is -1.35. The number of hydrogen-bond donors (Lipinski definition) is 3. The number of amides is 1. The third-order valence-corrected chi connectivity index (χ3v) is 3.04. The van der Waals surface area contributed by atoms with E-state index in [-0.39, 0.29) is 11.4 Å². The summed E-state index contributed by atoms with van der Waals surface area (Å²) < 4.78 is 1.33. The maximum Gasteiger partial charge on any atom is 0.287 e. The minimum absolute atomic E-state index is 0.164. The lowest BCUT2D eigenvalue weighted by molar-refractivity contribution is -0.384. The SMILES string of the molecule is Cn1cc([N+](=O)[O-])cc1[C@H](O)[C@H](CO)NC(=O)C(Cl)Cl. The average molecular weight is 326 g/mol. The van der Waals surface area contributed by atoms with E-state index in [1.165, 1.54) is 17.8 Å². The van der Waals surface area contributed by atoms with Crippen LogP contribution in [0.15, 0.2) is 12.3 Å². The van der Waals surface area contributed by atoms with Gasteiger partial charge in [0, 0.05) is 13.1 Å². The molecule has 8 nitrogen and oxygen atoms in total. The number of carbonyl (C=O) groups excluding carboxylic acids is 1. The van der Waals surface area contributed by atoms with Gasteiger partial charge in [-0.3, -0.25) is 14.9 Å². The molecule has 20 heavy (non-hydrogen) atoms. The number of carbonyl (C=O) groups is 1. The molecular formula is C10H13Cl2N3O5. The van der Waals surface area contributed by atoms with Crippen LogP contribution in [0.1, 0.15) is 11.8 Å². The molecule has 1 amide bonds. The highest BCUT2D eigenvalue weighted by atomic mass is 35.5. The second kappa shape index (κ2) is 6.89. The van der Waals surface area contributed by atoms with Crippen molar-refractivity contribution in [3.63, 3.8) is 0 Å². The minimum Gasteiger partial charge on any atom is -0.394 e. The molecule has 0 saturated carbocycles. The van der Waals surface area contributed by atoms with Crippen LogP contribution < -0.4 is 5.32 Å². The lowest BCUT2D eigenvalue weighted by Crippen LogP contribution is -2.44. The fraction of sp³-hybridized carbons (Fsp3) is 0.500. The van der Waals surface area contributed by atoms with Gasteiger partial charge in [-0.15, -0.1) is 0 Å². The number of hydrogen-bond acceptors (Lipinski definition) is 5. The Bertz CT molecular complexity index is 505. The molecule has 0 fully saturated rings. The molecule has 1 aromatic heterocycles. The Kier molecular flexibility index (Phi) is 5.75. The Morgan fingerprint density at radius 1 is 1.60 bits per heavy atom. The number of aromatic nitrogens is 1. The molecule has 0 radical (unpaired) electrons. The molecule has 1 heterocycles. The maximum atomic E-state index is 11.3. The van der Waals surface area contributed by atoms with Crippen LogP contribution in [0.25, 0.3) is 0 Å². The summed E-state index contributed by atoms with van der Waals surface area (Å²) in [6.07, 6.45) is -0.143. The van der Waals surface area contributed by atoms with Gasteiger partial charge in [-0.1, -0.05) is 23.2 Å². The number of nitrogens with one attached hydrogen (secondary N) is 1. The first-order valence-corrected chi connectivity index (χ1v) is 6.33. The predicted octanol–water partition coefficient (Wildman–Crippen LogP) is 0.247. The van der Waals surface area contributed by atoms with Crippen molar-refractivity contribution in [3.8, 4) is 0 Å². The molecule has 10 heteroatoms. The summed E-state index contributed by atoms with van der Waals surface area (Å²) in [7, 11) is 1.49. The first-order chi connectivity index (χ1) is 9.27. The van der Waals surface area contributed by atoms with Gasteiger partial charge >= 0.3 is 0 Å². The van der Waals surface area contributed by atoms with E-state index in [4.69, 9.17) is 23.2 Å². The highest BCUT2D eigenvalue weighted by Gasteiger charge is 2.28. The first kappa shape index (κ1) is 16.7. The zero-order valence-corrected chi connectivity index (χ0v) is 11.9. The topological polar surface area (TPSA) is 118 Å². The van der Waals surface area contributed by atoms with E-state index in [2.05, 4.69) is 5.32 Å². The number of aryl methyl sites for hydroxylation is 1. The molecule has 0 aliphatic heterocycles. The van der Waals surface area contributed by atoms with Gasteiger partial charge in [-0.25, -0.2) is 0 Å². The number of nitrogens with zero attached hydrogens (tertiary/aromatic N) is 2. The second-order valence-electron chi connectivity index (χ2n) is 4.03. The zero-order chi connectivity index (χ0) is 15.4. The van der Waals surface area contributed by atoms with Crippen LogP contribution in [-0.2, 0) is 11.8 Å². The van der Waals surface area contributed by atoms with Crippen LogP contribution in [-0.4, -0.2) is 43.1 Å². The van der Waals surface area contributed by atoms with Crippen molar-refractivity contribution >= 4 is 34.8 Å². The monoisotopic (exact) mass is 325 g/mol. The number of alkyl halides is 2. The summed E-state index contributed by atoms with van der Waals surface area (Å²) in [5.41, 5.74) is -0.0473. The molecule has 0 aliphatic carbocycles. The molecule has 0 spiro atoms. The summed E-state index contributed by atoms with van der Waals surface area (Å²) in [5.74, 6) is -0.782. The van der Waals surface area contributed by atoms with Crippen molar-refractivity contribution in [2.24, 2.45) is 7.05 Å². The van der Waals surface area contributed by atoms with E-state index in [1.807, 2.05) is 0 Å². The number of rotatable bonds is 6. The van der Waals surface area contributed by atoms with E-state index < -0.39 is 34.4 Å². The molecule has 0 bridgehead atoms. The smallest absolute Gasteiger partial charge is 0.287 e. The Morgan fingerprint density at radius 3 is 2.60 bits per heavy atom. The maximum absolute atomic E-state index is 11.3. The Labute approximate surface area is 124 Å².